The van der Waals surface area contributed by atoms with Gasteiger partial charge >= 0.3 is 5.97 Å². The highest BCUT2D eigenvalue weighted by molar-refractivity contribution is 5.98. The van der Waals surface area contributed by atoms with Gasteiger partial charge in [-0.05, 0) is 31.0 Å². The minimum absolute atomic E-state index is 0.0545. The van der Waals surface area contributed by atoms with Crippen LogP contribution in [0.25, 0.3) is 0 Å². The fraction of sp³-hybridized carbons (Fsp3) is 0.318. The lowest BCUT2D eigenvalue weighted by atomic mass is 10.0. The van der Waals surface area contributed by atoms with Crippen LogP contribution >= 0.6 is 0 Å². The average Bonchev–Trinajstić information content (AvgIpc) is 2.67. The number of aryl methyl sites for hydroxylation is 1. The third-order valence-electron chi connectivity index (χ3n) is 4.09. The Labute approximate surface area is 159 Å². The van der Waals surface area contributed by atoms with E-state index < -0.39 is 18.0 Å². The number of hydrogen-bond donors (Lipinski definition) is 1. The second kappa shape index (κ2) is 10.3. The minimum atomic E-state index is -0.930. The highest BCUT2D eigenvalue weighted by Crippen LogP contribution is 2.11. The van der Waals surface area contributed by atoms with E-state index in [-0.39, 0.29) is 18.6 Å². The van der Waals surface area contributed by atoms with Crippen LogP contribution in [-0.4, -0.2) is 23.8 Å². The van der Waals surface area contributed by atoms with Gasteiger partial charge in [-0.1, -0.05) is 55.8 Å². The maximum absolute atomic E-state index is 12.2. The summed E-state index contributed by atoms with van der Waals surface area (Å²) in [6.07, 6.45) is 1.09. The number of ketones is 1. The van der Waals surface area contributed by atoms with E-state index in [4.69, 9.17) is 4.74 Å². The molecule has 0 unspecified atom stereocenters. The molecule has 2 rings (SSSR count). The number of carbonyl (C=O) groups excluding carboxylic acids is 3. The zero-order valence-electron chi connectivity index (χ0n) is 15.7. The molecular weight excluding hydrogens is 342 g/mol. The van der Waals surface area contributed by atoms with Crippen molar-refractivity contribution in [2.24, 2.45) is 0 Å². The van der Waals surface area contributed by atoms with Crippen molar-refractivity contribution in [3.8, 4) is 0 Å². The molecule has 0 heterocycles. The van der Waals surface area contributed by atoms with Crippen molar-refractivity contribution >= 4 is 23.3 Å². The van der Waals surface area contributed by atoms with Crippen molar-refractivity contribution in [1.29, 1.82) is 0 Å². The van der Waals surface area contributed by atoms with Crippen molar-refractivity contribution in [3.05, 3.63) is 65.7 Å². The summed E-state index contributed by atoms with van der Waals surface area (Å²) in [7, 11) is 0. The summed E-state index contributed by atoms with van der Waals surface area (Å²) in [4.78, 5) is 36.2. The number of Topliss-reactive ketones (excluding diaryl/α,β-unsaturated/α-hetero) is 1. The summed E-state index contributed by atoms with van der Waals surface area (Å²) in [5.74, 6) is -1.09. The molecule has 5 heteroatoms. The SMILES string of the molecule is CCCc1ccc(C(=O)CCC(=O)O[C@H](C)C(=O)Nc2ccccc2)cc1. The Morgan fingerprint density at radius 3 is 2.26 bits per heavy atom. The molecule has 0 saturated carbocycles. The summed E-state index contributed by atoms with van der Waals surface area (Å²) < 4.78 is 5.12. The second-order valence-corrected chi connectivity index (χ2v) is 6.36. The molecule has 0 fully saturated rings. The van der Waals surface area contributed by atoms with E-state index in [1.54, 1.807) is 36.4 Å². The van der Waals surface area contributed by atoms with Gasteiger partial charge in [-0.2, -0.15) is 0 Å². The van der Waals surface area contributed by atoms with Crippen molar-refractivity contribution in [1.82, 2.24) is 0 Å². The molecule has 5 nitrogen and oxygen atoms in total. The second-order valence-electron chi connectivity index (χ2n) is 6.36. The molecule has 0 aliphatic heterocycles. The van der Waals surface area contributed by atoms with Crippen LogP contribution in [0.15, 0.2) is 54.6 Å². The molecule has 0 radical (unpaired) electrons. The van der Waals surface area contributed by atoms with E-state index in [1.807, 2.05) is 18.2 Å². The molecule has 142 valence electrons. The number of esters is 1. The third-order valence-corrected chi connectivity index (χ3v) is 4.09. The molecule has 0 aliphatic rings. The van der Waals surface area contributed by atoms with Gasteiger partial charge in [0.1, 0.15) is 0 Å². The summed E-state index contributed by atoms with van der Waals surface area (Å²) >= 11 is 0. The monoisotopic (exact) mass is 367 g/mol. The largest absolute Gasteiger partial charge is 0.453 e. The predicted molar refractivity (Wildman–Crippen MR) is 105 cm³/mol. The highest BCUT2D eigenvalue weighted by atomic mass is 16.5. The number of ether oxygens (including phenoxy) is 1. The van der Waals surface area contributed by atoms with Gasteiger partial charge in [0.2, 0.25) is 0 Å². The lowest BCUT2D eigenvalue weighted by molar-refractivity contribution is -0.153. The van der Waals surface area contributed by atoms with Gasteiger partial charge in [-0.3, -0.25) is 14.4 Å². The molecule has 27 heavy (non-hydrogen) atoms. The standard InChI is InChI=1S/C22H25NO4/c1-3-7-17-10-12-18(13-11-17)20(24)14-15-21(25)27-16(2)22(26)23-19-8-5-4-6-9-19/h4-6,8-13,16H,3,7,14-15H2,1-2H3,(H,23,26)/t16-/m1/s1. The van der Waals surface area contributed by atoms with Crippen molar-refractivity contribution < 1.29 is 19.1 Å². The van der Waals surface area contributed by atoms with Gasteiger partial charge in [0.25, 0.3) is 5.91 Å². The molecule has 0 saturated heterocycles. The molecule has 1 atom stereocenters. The molecule has 1 amide bonds. The number of rotatable bonds is 9. The van der Waals surface area contributed by atoms with Gasteiger partial charge in [0, 0.05) is 17.7 Å². The maximum Gasteiger partial charge on any atom is 0.307 e. The smallest absolute Gasteiger partial charge is 0.307 e. The summed E-state index contributed by atoms with van der Waals surface area (Å²) in [6.45, 7) is 3.61. The molecule has 0 aliphatic carbocycles. The van der Waals surface area contributed by atoms with E-state index in [0.29, 0.717) is 11.3 Å². The van der Waals surface area contributed by atoms with E-state index >= 15 is 0 Å². The molecule has 0 spiro atoms. The normalized spacial score (nSPS) is 11.5. The molecule has 0 aromatic heterocycles. The summed E-state index contributed by atoms with van der Waals surface area (Å²) in [5, 5.41) is 2.67. The van der Waals surface area contributed by atoms with Gasteiger partial charge in [-0.15, -0.1) is 0 Å². The number of benzene rings is 2. The van der Waals surface area contributed by atoms with Gasteiger partial charge in [0.05, 0.1) is 6.42 Å². The first-order chi connectivity index (χ1) is 13.0. The van der Waals surface area contributed by atoms with Crippen molar-refractivity contribution in [2.75, 3.05) is 5.32 Å². The van der Waals surface area contributed by atoms with Crippen LogP contribution in [-0.2, 0) is 20.7 Å². The quantitative estimate of drug-likeness (QED) is 0.533. The topological polar surface area (TPSA) is 72.5 Å². The van der Waals surface area contributed by atoms with E-state index in [0.717, 1.165) is 12.8 Å². The predicted octanol–water partition coefficient (Wildman–Crippen LogP) is 4.17. The van der Waals surface area contributed by atoms with Crippen LogP contribution in [0, 0.1) is 0 Å². The third kappa shape index (κ3) is 6.70. The van der Waals surface area contributed by atoms with Crippen molar-refractivity contribution in [2.45, 2.75) is 45.6 Å². The summed E-state index contributed by atoms with van der Waals surface area (Å²) in [6, 6.07) is 16.4. The highest BCUT2D eigenvalue weighted by Gasteiger charge is 2.18. The maximum atomic E-state index is 12.2. The molecular formula is C22H25NO4. The van der Waals surface area contributed by atoms with Gasteiger partial charge in [0.15, 0.2) is 11.9 Å². The number of carbonyl (C=O) groups is 3. The molecule has 2 aromatic carbocycles. The zero-order chi connectivity index (χ0) is 19.6. The van der Waals surface area contributed by atoms with Crippen LogP contribution in [0.1, 0.15) is 49.0 Å². The Balaban J connectivity index is 1.77. The number of hydrogen-bond acceptors (Lipinski definition) is 4. The summed E-state index contributed by atoms with van der Waals surface area (Å²) in [5.41, 5.74) is 2.40. The zero-order valence-corrected chi connectivity index (χ0v) is 15.7. The van der Waals surface area contributed by atoms with Crippen LogP contribution in [0.5, 0.6) is 0 Å². The number of amides is 1. The molecule has 0 bridgehead atoms. The van der Waals surface area contributed by atoms with E-state index in [1.165, 1.54) is 12.5 Å². The fourth-order valence-electron chi connectivity index (χ4n) is 2.58. The number of anilines is 1. The number of para-hydroxylation sites is 1. The molecule has 2 aromatic rings. The van der Waals surface area contributed by atoms with Gasteiger partial charge in [-0.25, -0.2) is 0 Å². The van der Waals surface area contributed by atoms with Gasteiger partial charge < -0.3 is 10.1 Å². The van der Waals surface area contributed by atoms with Crippen molar-refractivity contribution in [3.63, 3.8) is 0 Å². The average molecular weight is 367 g/mol. The Hall–Kier alpha value is -2.95. The van der Waals surface area contributed by atoms with Crippen LogP contribution < -0.4 is 5.32 Å². The van der Waals surface area contributed by atoms with Crippen LogP contribution in [0.4, 0.5) is 5.69 Å². The molecule has 1 N–H and O–H groups in total. The lowest BCUT2D eigenvalue weighted by Gasteiger charge is -2.13. The van der Waals surface area contributed by atoms with Crippen LogP contribution in [0.2, 0.25) is 0 Å². The fourth-order valence-corrected chi connectivity index (χ4v) is 2.58. The number of nitrogens with one attached hydrogen (secondary N) is 1. The Morgan fingerprint density at radius 2 is 1.63 bits per heavy atom. The first kappa shape index (κ1) is 20.4. The first-order valence-corrected chi connectivity index (χ1v) is 9.17. The lowest BCUT2D eigenvalue weighted by Crippen LogP contribution is -2.30. The van der Waals surface area contributed by atoms with E-state index in [9.17, 15) is 14.4 Å². The van der Waals surface area contributed by atoms with E-state index in [2.05, 4.69) is 12.2 Å². The first-order valence-electron chi connectivity index (χ1n) is 9.17. The Bertz CT molecular complexity index is 769. The van der Waals surface area contributed by atoms with Crippen LogP contribution in [0.3, 0.4) is 0 Å². The Kier molecular flexibility index (Phi) is 7.74. The Morgan fingerprint density at radius 1 is 0.963 bits per heavy atom. The minimum Gasteiger partial charge on any atom is -0.453 e.